The number of hydrogen-bond donors (Lipinski definition) is 1. The Morgan fingerprint density at radius 2 is 1.74 bits per heavy atom. The van der Waals surface area contributed by atoms with Crippen LogP contribution in [0.5, 0.6) is 11.5 Å². The van der Waals surface area contributed by atoms with Crippen LogP contribution < -0.4 is 9.47 Å². The number of carbonyl (C=O) groups is 1. The van der Waals surface area contributed by atoms with Gasteiger partial charge in [-0.1, -0.05) is 18.1 Å². The predicted octanol–water partition coefficient (Wildman–Crippen LogP) is 4.92. The number of halogens is 3. The van der Waals surface area contributed by atoms with Gasteiger partial charge in [0.25, 0.3) is 0 Å². The number of benzene rings is 1. The summed E-state index contributed by atoms with van der Waals surface area (Å²) in [6, 6.07) is 9.32. The Bertz CT molecular complexity index is 956. The van der Waals surface area contributed by atoms with Gasteiger partial charge in [0.05, 0.1) is 31.7 Å². The molecule has 1 unspecified atom stereocenters. The highest BCUT2D eigenvalue weighted by Crippen LogP contribution is 2.46. The summed E-state index contributed by atoms with van der Waals surface area (Å²) in [5.74, 6) is 5.30. The van der Waals surface area contributed by atoms with Crippen molar-refractivity contribution in [2.45, 2.75) is 38.3 Å². The maximum Gasteiger partial charge on any atom is 0.433 e. The number of aromatic nitrogens is 1. The Balaban J connectivity index is 1.52. The highest BCUT2D eigenvalue weighted by atomic mass is 19.4. The molecule has 1 aromatic carbocycles. The first-order chi connectivity index (χ1) is 14.7. The van der Waals surface area contributed by atoms with Crippen LogP contribution in [0, 0.1) is 17.3 Å². The standard InChI is InChI=1S/C23H22F3NO4/c1-2-3-17(12-21(28)29)16-4-6-18(7-5-16)30-14-22(10-11-22)15-31-19-8-9-20(27-13-19)23(24,25)26/h4-9,13,17H,10-12,14-15H2,1H3,(H,28,29). The van der Waals surface area contributed by atoms with Crippen LogP contribution in [0.1, 0.15) is 43.4 Å². The van der Waals surface area contributed by atoms with Crippen molar-refractivity contribution in [1.29, 1.82) is 0 Å². The van der Waals surface area contributed by atoms with Crippen molar-refractivity contribution in [3.05, 3.63) is 53.9 Å². The maximum atomic E-state index is 12.6. The molecule has 1 fully saturated rings. The van der Waals surface area contributed by atoms with E-state index in [0.29, 0.717) is 19.0 Å². The summed E-state index contributed by atoms with van der Waals surface area (Å²) in [5.41, 5.74) is -0.326. The van der Waals surface area contributed by atoms with Crippen molar-refractivity contribution in [3.63, 3.8) is 0 Å². The molecule has 1 atom stereocenters. The highest BCUT2D eigenvalue weighted by molar-refractivity contribution is 5.69. The van der Waals surface area contributed by atoms with E-state index in [2.05, 4.69) is 16.8 Å². The highest BCUT2D eigenvalue weighted by Gasteiger charge is 2.44. The van der Waals surface area contributed by atoms with Gasteiger partial charge < -0.3 is 14.6 Å². The van der Waals surface area contributed by atoms with Crippen LogP contribution in [0.25, 0.3) is 0 Å². The Hall–Kier alpha value is -3.21. The molecule has 0 amide bonds. The maximum absolute atomic E-state index is 12.6. The minimum absolute atomic E-state index is 0.0691. The molecule has 2 aromatic rings. The molecule has 1 heterocycles. The molecule has 1 N–H and O–H groups in total. The van der Waals surface area contributed by atoms with Gasteiger partial charge in [0.2, 0.25) is 0 Å². The summed E-state index contributed by atoms with van der Waals surface area (Å²) >= 11 is 0. The van der Waals surface area contributed by atoms with E-state index < -0.39 is 17.8 Å². The molecular formula is C23H22F3NO4. The van der Waals surface area contributed by atoms with Crippen molar-refractivity contribution < 1.29 is 32.5 Å². The molecule has 0 saturated heterocycles. The van der Waals surface area contributed by atoms with Crippen LogP contribution in [0.15, 0.2) is 42.6 Å². The second kappa shape index (κ2) is 9.29. The van der Waals surface area contributed by atoms with Crippen molar-refractivity contribution >= 4 is 5.97 Å². The molecule has 1 aliphatic rings. The van der Waals surface area contributed by atoms with Crippen molar-refractivity contribution in [1.82, 2.24) is 4.98 Å². The lowest BCUT2D eigenvalue weighted by atomic mass is 9.96. The van der Waals surface area contributed by atoms with Gasteiger partial charge in [0.1, 0.15) is 17.2 Å². The average molecular weight is 433 g/mol. The zero-order valence-corrected chi connectivity index (χ0v) is 16.9. The summed E-state index contributed by atoms with van der Waals surface area (Å²) in [6.45, 7) is 2.41. The molecule has 0 radical (unpaired) electrons. The lowest BCUT2D eigenvalue weighted by Gasteiger charge is -2.18. The first-order valence-electron chi connectivity index (χ1n) is 9.74. The Kier molecular flexibility index (Phi) is 6.74. The normalized spacial score (nSPS) is 15.4. The third-order valence-electron chi connectivity index (χ3n) is 5.05. The van der Waals surface area contributed by atoms with Crippen LogP contribution in [0.4, 0.5) is 13.2 Å². The van der Waals surface area contributed by atoms with E-state index in [1.807, 2.05) is 0 Å². The lowest BCUT2D eigenvalue weighted by molar-refractivity contribution is -0.141. The summed E-state index contributed by atoms with van der Waals surface area (Å²) in [6.07, 6.45) is -1.68. The molecular weight excluding hydrogens is 411 g/mol. The third kappa shape index (κ3) is 6.38. The SMILES string of the molecule is CC#CC(CC(=O)O)c1ccc(OCC2(COc3ccc(C(F)(F)F)nc3)CC2)cc1. The van der Waals surface area contributed by atoms with Crippen molar-refractivity contribution in [2.75, 3.05) is 13.2 Å². The van der Waals surface area contributed by atoms with Crippen LogP contribution in [-0.4, -0.2) is 29.3 Å². The fourth-order valence-corrected chi connectivity index (χ4v) is 3.01. The molecule has 5 nitrogen and oxygen atoms in total. The minimum atomic E-state index is -4.48. The van der Waals surface area contributed by atoms with Crippen molar-refractivity contribution in [2.24, 2.45) is 5.41 Å². The van der Waals surface area contributed by atoms with Gasteiger partial charge >= 0.3 is 12.1 Å². The Morgan fingerprint density at radius 1 is 1.13 bits per heavy atom. The van der Waals surface area contributed by atoms with Gasteiger partial charge in [-0.25, -0.2) is 4.98 Å². The molecule has 0 spiro atoms. The summed E-state index contributed by atoms with van der Waals surface area (Å²) in [7, 11) is 0. The van der Waals surface area contributed by atoms with Crippen LogP contribution >= 0.6 is 0 Å². The largest absolute Gasteiger partial charge is 0.493 e. The average Bonchev–Trinajstić information content (AvgIpc) is 3.51. The second-order valence-electron chi connectivity index (χ2n) is 7.57. The number of hydrogen-bond acceptors (Lipinski definition) is 4. The minimum Gasteiger partial charge on any atom is -0.493 e. The third-order valence-corrected chi connectivity index (χ3v) is 5.05. The number of pyridine rings is 1. The van der Waals surface area contributed by atoms with Crippen LogP contribution in [0.3, 0.4) is 0 Å². The fourth-order valence-electron chi connectivity index (χ4n) is 3.01. The number of nitrogens with zero attached hydrogens (tertiary/aromatic N) is 1. The van der Waals surface area contributed by atoms with Gasteiger partial charge in [-0.2, -0.15) is 13.2 Å². The molecule has 0 aliphatic heterocycles. The molecule has 1 aliphatic carbocycles. The fraction of sp³-hybridized carbons (Fsp3) is 0.391. The smallest absolute Gasteiger partial charge is 0.433 e. The zero-order valence-electron chi connectivity index (χ0n) is 16.9. The molecule has 164 valence electrons. The van der Waals surface area contributed by atoms with E-state index in [9.17, 15) is 18.0 Å². The molecule has 1 aromatic heterocycles. The van der Waals surface area contributed by atoms with E-state index in [-0.39, 0.29) is 23.5 Å². The number of alkyl halides is 3. The van der Waals surface area contributed by atoms with E-state index in [1.54, 1.807) is 31.2 Å². The van der Waals surface area contributed by atoms with Gasteiger partial charge in [0, 0.05) is 5.41 Å². The summed E-state index contributed by atoms with van der Waals surface area (Å²) in [5, 5.41) is 9.03. The van der Waals surface area contributed by atoms with E-state index in [4.69, 9.17) is 14.6 Å². The zero-order chi connectivity index (χ0) is 22.5. The van der Waals surface area contributed by atoms with Gasteiger partial charge in [-0.3, -0.25) is 4.79 Å². The Labute approximate surface area is 178 Å². The van der Waals surface area contributed by atoms with Gasteiger partial charge in [0.15, 0.2) is 0 Å². The summed E-state index contributed by atoms with van der Waals surface area (Å²) < 4.78 is 49.2. The van der Waals surface area contributed by atoms with Gasteiger partial charge in [-0.15, -0.1) is 5.92 Å². The van der Waals surface area contributed by atoms with Crippen molar-refractivity contribution in [3.8, 4) is 23.3 Å². The molecule has 1 saturated carbocycles. The molecule has 31 heavy (non-hydrogen) atoms. The van der Waals surface area contributed by atoms with E-state index in [1.165, 1.54) is 6.07 Å². The summed E-state index contributed by atoms with van der Waals surface area (Å²) in [4.78, 5) is 14.4. The number of ether oxygens (including phenoxy) is 2. The molecule has 3 rings (SSSR count). The monoisotopic (exact) mass is 433 g/mol. The number of rotatable bonds is 9. The van der Waals surface area contributed by atoms with E-state index in [0.717, 1.165) is 30.7 Å². The Morgan fingerprint density at radius 3 is 2.23 bits per heavy atom. The first kappa shape index (κ1) is 22.5. The molecule has 8 heteroatoms. The quantitative estimate of drug-likeness (QED) is 0.569. The topological polar surface area (TPSA) is 68.7 Å². The van der Waals surface area contributed by atoms with Crippen LogP contribution in [-0.2, 0) is 11.0 Å². The lowest BCUT2D eigenvalue weighted by Crippen LogP contribution is -2.21. The van der Waals surface area contributed by atoms with Crippen LogP contribution in [0.2, 0.25) is 0 Å². The number of aliphatic carboxylic acids is 1. The predicted molar refractivity (Wildman–Crippen MR) is 107 cm³/mol. The number of carboxylic acid groups (broad SMARTS) is 1. The first-order valence-corrected chi connectivity index (χ1v) is 9.74. The van der Waals surface area contributed by atoms with E-state index >= 15 is 0 Å². The second-order valence-corrected chi connectivity index (χ2v) is 7.57. The van der Waals surface area contributed by atoms with Gasteiger partial charge in [-0.05, 0) is 49.6 Å². The molecule has 0 bridgehead atoms. The number of carboxylic acids is 1.